The zero-order valence-electron chi connectivity index (χ0n) is 11.1. The van der Waals surface area contributed by atoms with E-state index in [1.54, 1.807) is 6.20 Å². The van der Waals surface area contributed by atoms with E-state index in [9.17, 15) is 0 Å². The van der Waals surface area contributed by atoms with Gasteiger partial charge in [-0.3, -0.25) is 0 Å². The molecule has 2 aromatic heterocycles. The third kappa shape index (κ3) is 2.69. The molecule has 0 saturated heterocycles. The van der Waals surface area contributed by atoms with E-state index in [0.29, 0.717) is 6.54 Å². The molecule has 0 unspecified atom stereocenters. The Morgan fingerprint density at radius 1 is 1.44 bits per heavy atom. The van der Waals surface area contributed by atoms with Crippen LogP contribution in [0.15, 0.2) is 24.5 Å². The molecule has 4 nitrogen and oxygen atoms in total. The third-order valence-electron chi connectivity index (χ3n) is 2.77. The van der Waals surface area contributed by atoms with Crippen LogP contribution in [0.4, 0.5) is 0 Å². The molecule has 0 saturated carbocycles. The minimum absolute atomic E-state index is 0.0753. The molecular formula is C14H18N4. The molecule has 0 atom stereocenters. The molecule has 0 aliphatic rings. The highest BCUT2D eigenvalue weighted by Gasteiger charge is 2.12. The average molecular weight is 242 g/mol. The summed E-state index contributed by atoms with van der Waals surface area (Å²) in [4.78, 5) is 4.35. The molecule has 2 rings (SSSR count). The van der Waals surface area contributed by atoms with Crippen LogP contribution in [-0.2, 0) is 13.1 Å². The van der Waals surface area contributed by atoms with Crippen molar-refractivity contribution in [1.82, 2.24) is 14.9 Å². The van der Waals surface area contributed by atoms with Gasteiger partial charge in [0.25, 0.3) is 0 Å². The van der Waals surface area contributed by atoms with E-state index in [2.05, 4.69) is 43.2 Å². The fourth-order valence-electron chi connectivity index (χ4n) is 1.89. The van der Waals surface area contributed by atoms with Crippen molar-refractivity contribution >= 4 is 11.0 Å². The normalized spacial score (nSPS) is 11.7. The molecule has 94 valence electrons. The van der Waals surface area contributed by atoms with E-state index in [1.807, 2.05) is 16.8 Å². The van der Waals surface area contributed by atoms with Crippen molar-refractivity contribution in [1.29, 1.82) is 5.26 Å². The monoisotopic (exact) mass is 242 g/mol. The van der Waals surface area contributed by atoms with E-state index < -0.39 is 0 Å². The number of hydrogen-bond donors (Lipinski definition) is 1. The smallest absolute Gasteiger partial charge is 0.141 e. The first kappa shape index (κ1) is 12.6. The molecule has 4 heteroatoms. The Morgan fingerprint density at radius 3 is 2.89 bits per heavy atom. The first-order valence-corrected chi connectivity index (χ1v) is 6.06. The number of nitriles is 1. The van der Waals surface area contributed by atoms with E-state index in [4.69, 9.17) is 5.26 Å². The Labute approximate surface area is 107 Å². The lowest BCUT2D eigenvalue weighted by atomic mass is 10.1. The summed E-state index contributed by atoms with van der Waals surface area (Å²) in [7, 11) is 0. The van der Waals surface area contributed by atoms with Crippen molar-refractivity contribution < 1.29 is 0 Å². The van der Waals surface area contributed by atoms with Gasteiger partial charge in [-0.15, -0.1) is 0 Å². The standard InChI is InChI=1S/C14H18N4/c1-14(2,3)17-9-11-10-18(8-6-15)13-12(11)5-4-7-16-13/h4-5,7,10,17H,8-9H2,1-3H3. The highest BCUT2D eigenvalue weighted by atomic mass is 15.0. The molecule has 1 N–H and O–H groups in total. The number of fused-ring (bicyclic) bond motifs is 1. The zero-order chi connectivity index (χ0) is 13.2. The van der Waals surface area contributed by atoms with Crippen LogP contribution in [0.25, 0.3) is 11.0 Å². The lowest BCUT2D eigenvalue weighted by Crippen LogP contribution is -2.34. The molecule has 0 amide bonds. The van der Waals surface area contributed by atoms with Gasteiger partial charge in [0, 0.05) is 29.9 Å². The van der Waals surface area contributed by atoms with Crippen molar-refractivity contribution in [3.05, 3.63) is 30.1 Å². The molecule has 0 aliphatic heterocycles. The van der Waals surface area contributed by atoms with E-state index >= 15 is 0 Å². The minimum Gasteiger partial charge on any atom is -0.318 e. The molecule has 0 fully saturated rings. The van der Waals surface area contributed by atoms with Crippen molar-refractivity contribution in [2.75, 3.05) is 0 Å². The Kier molecular flexibility index (Phi) is 3.35. The van der Waals surface area contributed by atoms with Crippen LogP contribution >= 0.6 is 0 Å². The Balaban J connectivity index is 2.36. The molecule has 0 spiro atoms. The number of nitrogens with one attached hydrogen (secondary N) is 1. The second kappa shape index (κ2) is 4.79. The molecule has 0 aliphatic carbocycles. The van der Waals surface area contributed by atoms with Gasteiger partial charge in [0.1, 0.15) is 12.2 Å². The first-order chi connectivity index (χ1) is 8.51. The summed E-state index contributed by atoms with van der Waals surface area (Å²) in [6.45, 7) is 7.53. The first-order valence-electron chi connectivity index (χ1n) is 6.06. The van der Waals surface area contributed by atoms with Crippen LogP contribution in [0.1, 0.15) is 26.3 Å². The maximum Gasteiger partial charge on any atom is 0.141 e. The number of nitrogens with zero attached hydrogens (tertiary/aromatic N) is 3. The lowest BCUT2D eigenvalue weighted by molar-refractivity contribution is 0.425. The minimum atomic E-state index is 0.0753. The molecule has 2 aromatic rings. The fraction of sp³-hybridized carbons (Fsp3) is 0.429. The van der Waals surface area contributed by atoms with Crippen LogP contribution in [0, 0.1) is 11.3 Å². The molecule has 0 bridgehead atoms. The van der Waals surface area contributed by atoms with Gasteiger partial charge in [-0.1, -0.05) is 0 Å². The molecule has 0 radical (unpaired) electrons. The largest absolute Gasteiger partial charge is 0.318 e. The summed E-state index contributed by atoms with van der Waals surface area (Å²) in [6.07, 6.45) is 3.77. The Hall–Kier alpha value is -1.86. The third-order valence-corrected chi connectivity index (χ3v) is 2.77. The van der Waals surface area contributed by atoms with Gasteiger partial charge in [0.05, 0.1) is 6.07 Å². The van der Waals surface area contributed by atoms with Gasteiger partial charge in [-0.25, -0.2) is 4.98 Å². The molecular weight excluding hydrogens is 224 g/mol. The second-order valence-corrected chi connectivity index (χ2v) is 5.42. The summed E-state index contributed by atoms with van der Waals surface area (Å²) in [5, 5.41) is 13.4. The van der Waals surface area contributed by atoms with E-state index in [0.717, 1.165) is 17.6 Å². The van der Waals surface area contributed by atoms with Gasteiger partial charge in [0.15, 0.2) is 0 Å². The Bertz CT molecular complexity index is 584. The van der Waals surface area contributed by atoms with Gasteiger partial charge in [0.2, 0.25) is 0 Å². The fourth-order valence-corrected chi connectivity index (χ4v) is 1.89. The number of pyridine rings is 1. The SMILES string of the molecule is CC(C)(C)NCc1cn(CC#N)c2ncccc12. The van der Waals surface area contributed by atoms with E-state index in [-0.39, 0.29) is 5.54 Å². The summed E-state index contributed by atoms with van der Waals surface area (Å²) < 4.78 is 1.90. The maximum atomic E-state index is 8.83. The molecule has 18 heavy (non-hydrogen) atoms. The second-order valence-electron chi connectivity index (χ2n) is 5.42. The number of hydrogen-bond acceptors (Lipinski definition) is 3. The summed E-state index contributed by atoms with van der Waals surface area (Å²) in [6, 6.07) is 6.15. The zero-order valence-corrected chi connectivity index (χ0v) is 11.1. The van der Waals surface area contributed by atoms with Gasteiger partial charge < -0.3 is 9.88 Å². The average Bonchev–Trinajstić information content (AvgIpc) is 2.65. The van der Waals surface area contributed by atoms with Crippen LogP contribution in [0.3, 0.4) is 0 Å². The van der Waals surface area contributed by atoms with Crippen LogP contribution in [0.5, 0.6) is 0 Å². The topological polar surface area (TPSA) is 53.6 Å². The summed E-state index contributed by atoms with van der Waals surface area (Å²) in [5.41, 5.74) is 2.14. The highest BCUT2D eigenvalue weighted by Crippen LogP contribution is 2.19. The van der Waals surface area contributed by atoms with Crippen molar-refractivity contribution in [2.45, 2.75) is 39.4 Å². The quantitative estimate of drug-likeness (QED) is 0.899. The van der Waals surface area contributed by atoms with Gasteiger partial charge in [-0.05, 0) is 38.5 Å². The Morgan fingerprint density at radius 2 is 2.22 bits per heavy atom. The van der Waals surface area contributed by atoms with Crippen molar-refractivity contribution in [3.8, 4) is 6.07 Å². The highest BCUT2D eigenvalue weighted by molar-refractivity contribution is 5.80. The van der Waals surface area contributed by atoms with Crippen LogP contribution < -0.4 is 5.32 Å². The molecule has 0 aromatic carbocycles. The van der Waals surface area contributed by atoms with Crippen LogP contribution in [-0.4, -0.2) is 15.1 Å². The van der Waals surface area contributed by atoms with Gasteiger partial charge in [-0.2, -0.15) is 5.26 Å². The predicted octanol–water partition coefficient (Wildman–Crippen LogP) is 2.45. The number of rotatable bonds is 3. The van der Waals surface area contributed by atoms with Gasteiger partial charge >= 0.3 is 0 Å². The number of aromatic nitrogens is 2. The molecule has 2 heterocycles. The summed E-state index contributed by atoms with van der Waals surface area (Å²) in [5.74, 6) is 0. The van der Waals surface area contributed by atoms with Crippen molar-refractivity contribution in [3.63, 3.8) is 0 Å². The predicted molar refractivity (Wildman–Crippen MR) is 71.9 cm³/mol. The maximum absolute atomic E-state index is 8.83. The van der Waals surface area contributed by atoms with Crippen LogP contribution in [0.2, 0.25) is 0 Å². The van der Waals surface area contributed by atoms with E-state index in [1.165, 1.54) is 5.56 Å². The van der Waals surface area contributed by atoms with Crippen molar-refractivity contribution in [2.24, 2.45) is 0 Å². The lowest BCUT2D eigenvalue weighted by Gasteiger charge is -2.20. The summed E-state index contributed by atoms with van der Waals surface area (Å²) >= 11 is 0.